The van der Waals surface area contributed by atoms with Gasteiger partial charge in [0, 0.05) is 4.47 Å². The summed E-state index contributed by atoms with van der Waals surface area (Å²) < 4.78 is 0.704. The van der Waals surface area contributed by atoms with Crippen LogP contribution >= 0.6 is 27.7 Å². The van der Waals surface area contributed by atoms with Crippen molar-refractivity contribution in [3.05, 3.63) is 82.3 Å². The Morgan fingerprint density at radius 1 is 0.967 bits per heavy atom. The van der Waals surface area contributed by atoms with Gasteiger partial charge in [0.2, 0.25) is 5.91 Å². The van der Waals surface area contributed by atoms with Crippen LogP contribution in [-0.2, 0) is 4.79 Å². The first-order valence-corrected chi connectivity index (χ1v) is 12.0. The Kier molecular flexibility index (Phi) is 7.94. The molecule has 0 aliphatic rings. The van der Waals surface area contributed by atoms with E-state index in [9.17, 15) is 9.59 Å². The van der Waals surface area contributed by atoms with E-state index >= 15 is 0 Å². The quantitative estimate of drug-likeness (QED) is 0.454. The molecule has 0 fully saturated rings. The second-order valence-electron chi connectivity index (χ2n) is 7.09. The van der Waals surface area contributed by atoms with E-state index in [2.05, 4.69) is 44.8 Å². The smallest absolute Gasteiger partial charge is 0.253 e. The van der Waals surface area contributed by atoms with E-state index in [0.29, 0.717) is 16.5 Å². The normalized spacial score (nSPS) is 12.9. The van der Waals surface area contributed by atoms with Crippen LogP contribution in [0.4, 0.5) is 0 Å². The fourth-order valence-corrected chi connectivity index (χ4v) is 4.34. The maximum Gasteiger partial charge on any atom is 0.253 e. The molecule has 0 aromatic heterocycles. The van der Waals surface area contributed by atoms with Crippen LogP contribution in [0, 0.1) is 0 Å². The number of benzene rings is 3. The number of amides is 2. The van der Waals surface area contributed by atoms with Crippen LogP contribution in [0.5, 0.6) is 0 Å². The number of carbonyl (C=O) groups excluding carboxylic acids is 2. The molecule has 0 saturated carbocycles. The summed E-state index contributed by atoms with van der Waals surface area (Å²) in [6, 6.07) is 20.6. The molecule has 0 aliphatic heterocycles. The van der Waals surface area contributed by atoms with Crippen LogP contribution in [0.15, 0.2) is 71.2 Å². The number of hydrogen-bond donors (Lipinski definition) is 2. The first-order chi connectivity index (χ1) is 14.5. The first-order valence-electron chi connectivity index (χ1n) is 9.83. The van der Waals surface area contributed by atoms with Crippen molar-refractivity contribution < 1.29 is 9.59 Å². The van der Waals surface area contributed by atoms with Gasteiger partial charge in [0.15, 0.2) is 0 Å². The number of halogens is 1. The zero-order chi connectivity index (χ0) is 21.5. The molecule has 2 unspecified atom stereocenters. The van der Waals surface area contributed by atoms with Crippen molar-refractivity contribution in [1.82, 2.24) is 10.6 Å². The molecule has 30 heavy (non-hydrogen) atoms. The van der Waals surface area contributed by atoms with Gasteiger partial charge in [-0.25, -0.2) is 0 Å². The molecular weight excluding hydrogens is 460 g/mol. The van der Waals surface area contributed by atoms with Gasteiger partial charge in [0.1, 0.15) is 6.04 Å². The zero-order valence-corrected chi connectivity index (χ0v) is 19.4. The van der Waals surface area contributed by atoms with Crippen LogP contribution in [0.3, 0.4) is 0 Å². The highest BCUT2D eigenvalue weighted by atomic mass is 79.9. The van der Waals surface area contributed by atoms with Gasteiger partial charge < -0.3 is 10.6 Å². The molecule has 2 amide bonds. The van der Waals surface area contributed by atoms with Crippen LogP contribution < -0.4 is 10.6 Å². The van der Waals surface area contributed by atoms with Crippen molar-refractivity contribution in [2.24, 2.45) is 0 Å². The summed E-state index contributed by atoms with van der Waals surface area (Å²) in [6.45, 7) is 1.97. The number of nitrogens with one attached hydrogen (secondary N) is 2. The van der Waals surface area contributed by atoms with Gasteiger partial charge >= 0.3 is 0 Å². The molecule has 6 heteroatoms. The third-order valence-corrected chi connectivity index (χ3v) is 6.34. The van der Waals surface area contributed by atoms with Gasteiger partial charge in [-0.3, -0.25) is 9.59 Å². The average molecular weight is 485 g/mol. The number of carbonyl (C=O) groups is 2. The standard InChI is InChI=1S/C24H25BrN2O2S/c1-16(18-12-7-9-17-8-3-4-10-19(17)18)26-24(29)22(14-15-30-2)27-23(28)20-11-5-6-13-21(20)25/h3-13,16,22H,14-15H2,1-2H3,(H,26,29)(H,27,28). The summed E-state index contributed by atoms with van der Waals surface area (Å²) in [4.78, 5) is 25.8. The van der Waals surface area contributed by atoms with Crippen molar-refractivity contribution in [3.63, 3.8) is 0 Å². The molecule has 4 nitrogen and oxygen atoms in total. The number of hydrogen-bond acceptors (Lipinski definition) is 3. The molecule has 0 heterocycles. The molecule has 2 N–H and O–H groups in total. The lowest BCUT2D eigenvalue weighted by Crippen LogP contribution is -2.47. The highest BCUT2D eigenvalue weighted by Gasteiger charge is 2.24. The molecule has 156 valence electrons. The lowest BCUT2D eigenvalue weighted by molar-refractivity contribution is -0.123. The lowest BCUT2D eigenvalue weighted by Gasteiger charge is -2.22. The van der Waals surface area contributed by atoms with Crippen molar-refractivity contribution in [1.29, 1.82) is 0 Å². The highest BCUT2D eigenvalue weighted by molar-refractivity contribution is 9.10. The van der Waals surface area contributed by atoms with Gasteiger partial charge in [-0.2, -0.15) is 11.8 Å². The third-order valence-electron chi connectivity index (χ3n) is 5.00. The molecule has 0 spiro atoms. The third kappa shape index (κ3) is 5.43. The minimum absolute atomic E-state index is 0.176. The summed E-state index contributed by atoms with van der Waals surface area (Å²) in [7, 11) is 0. The second-order valence-corrected chi connectivity index (χ2v) is 8.93. The Morgan fingerprint density at radius 3 is 2.43 bits per heavy atom. The molecule has 3 rings (SSSR count). The first kappa shape index (κ1) is 22.4. The predicted octanol–water partition coefficient (Wildman–Crippen LogP) is 5.33. The van der Waals surface area contributed by atoms with Gasteiger partial charge in [-0.1, -0.05) is 54.6 Å². The van der Waals surface area contributed by atoms with Crippen molar-refractivity contribution in [2.45, 2.75) is 25.4 Å². The summed E-state index contributed by atoms with van der Waals surface area (Å²) >= 11 is 5.05. The van der Waals surface area contributed by atoms with Crippen molar-refractivity contribution in [2.75, 3.05) is 12.0 Å². The molecule has 0 radical (unpaired) electrons. The predicted molar refractivity (Wildman–Crippen MR) is 129 cm³/mol. The summed E-state index contributed by atoms with van der Waals surface area (Å²) in [6.07, 6.45) is 2.55. The largest absolute Gasteiger partial charge is 0.348 e. The minimum atomic E-state index is -0.602. The molecule has 3 aromatic rings. The van der Waals surface area contributed by atoms with Gasteiger partial charge in [0.25, 0.3) is 5.91 Å². The van der Waals surface area contributed by atoms with Crippen molar-refractivity contribution in [3.8, 4) is 0 Å². The number of fused-ring (bicyclic) bond motifs is 1. The molecule has 0 bridgehead atoms. The van der Waals surface area contributed by atoms with Gasteiger partial charge in [-0.15, -0.1) is 0 Å². The van der Waals surface area contributed by atoms with Crippen LogP contribution in [-0.4, -0.2) is 29.9 Å². The van der Waals surface area contributed by atoms with E-state index in [1.54, 1.807) is 23.9 Å². The maximum absolute atomic E-state index is 13.1. The summed E-state index contributed by atoms with van der Waals surface area (Å²) in [5.74, 6) is 0.336. The SMILES string of the molecule is CSCCC(NC(=O)c1ccccc1Br)C(=O)NC(C)c1cccc2ccccc12. The Bertz CT molecular complexity index is 1040. The Balaban J connectivity index is 1.76. The molecular formula is C24H25BrN2O2S. The van der Waals surface area contributed by atoms with E-state index in [-0.39, 0.29) is 17.9 Å². The van der Waals surface area contributed by atoms with E-state index in [1.165, 1.54) is 0 Å². The van der Waals surface area contributed by atoms with Crippen LogP contribution in [0.1, 0.15) is 35.3 Å². The summed E-state index contributed by atoms with van der Waals surface area (Å²) in [5.41, 5.74) is 1.57. The number of rotatable bonds is 8. The number of thioether (sulfide) groups is 1. The fraction of sp³-hybridized carbons (Fsp3) is 0.250. The molecule has 0 saturated heterocycles. The Hall–Kier alpha value is -2.31. The van der Waals surface area contributed by atoms with Crippen molar-refractivity contribution >= 4 is 50.3 Å². The zero-order valence-electron chi connectivity index (χ0n) is 17.0. The lowest BCUT2D eigenvalue weighted by atomic mass is 9.99. The second kappa shape index (κ2) is 10.6. The van der Waals surface area contributed by atoms with E-state index in [4.69, 9.17) is 0 Å². The fourth-order valence-electron chi connectivity index (χ4n) is 3.41. The molecule has 0 aliphatic carbocycles. The minimum Gasteiger partial charge on any atom is -0.348 e. The van der Waals surface area contributed by atoms with Crippen LogP contribution in [0.2, 0.25) is 0 Å². The Labute approximate surface area is 190 Å². The topological polar surface area (TPSA) is 58.2 Å². The summed E-state index contributed by atoms with van der Waals surface area (Å²) in [5, 5.41) is 8.26. The van der Waals surface area contributed by atoms with Gasteiger partial charge in [-0.05, 0) is 69.8 Å². The van der Waals surface area contributed by atoms with Crippen LogP contribution in [0.25, 0.3) is 10.8 Å². The molecule has 2 atom stereocenters. The maximum atomic E-state index is 13.1. The monoisotopic (exact) mass is 484 g/mol. The highest BCUT2D eigenvalue weighted by Crippen LogP contribution is 2.24. The van der Waals surface area contributed by atoms with Gasteiger partial charge in [0.05, 0.1) is 11.6 Å². The van der Waals surface area contributed by atoms with E-state index in [0.717, 1.165) is 22.1 Å². The Morgan fingerprint density at radius 2 is 1.67 bits per heavy atom. The average Bonchev–Trinajstić information content (AvgIpc) is 2.76. The van der Waals surface area contributed by atoms with E-state index in [1.807, 2.05) is 49.6 Å². The molecule has 3 aromatic carbocycles. The van der Waals surface area contributed by atoms with E-state index < -0.39 is 6.04 Å².